The predicted molar refractivity (Wildman–Crippen MR) is 134 cm³/mol. The van der Waals surface area contributed by atoms with Crippen molar-refractivity contribution in [2.45, 2.75) is 38.9 Å². The van der Waals surface area contributed by atoms with Crippen molar-refractivity contribution in [3.8, 4) is 17.0 Å². The van der Waals surface area contributed by atoms with Crippen LogP contribution in [0.3, 0.4) is 0 Å². The molecule has 3 amide bonds. The third-order valence-corrected chi connectivity index (χ3v) is 5.60. The number of nitrogens with one attached hydrogen (secondary N) is 2. The smallest absolute Gasteiger partial charge is 0.410 e. The first-order valence-corrected chi connectivity index (χ1v) is 11.8. The highest BCUT2D eigenvalue weighted by molar-refractivity contribution is 6.00. The number of rotatable bonds is 5. The van der Waals surface area contributed by atoms with Crippen molar-refractivity contribution < 1.29 is 27.8 Å². The Morgan fingerprint density at radius 1 is 1.08 bits per heavy atom. The fourth-order valence-corrected chi connectivity index (χ4v) is 3.92. The standard InChI is InChI=1S/C26H29F2N5O4/c1-26(2,3)37-25(35)33-12-10-18(15-33)36-23-8-6-17(14-19(23)22-9-11-29-32(22)4)30-24(34)31-21-7-5-16(27)13-20(21)28/h5-9,11,13-14,18H,10,12,15H2,1-4H3,(H2,30,31,34). The van der Waals surface area contributed by atoms with Crippen molar-refractivity contribution in [3.05, 3.63) is 60.3 Å². The zero-order valence-electron chi connectivity index (χ0n) is 21.0. The highest BCUT2D eigenvalue weighted by Gasteiger charge is 2.31. The first kappa shape index (κ1) is 25.9. The van der Waals surface area contributed by atoms with Gasteiger partial charge in [-0.15, -0.1) is 0 Å². The Morgan fingerprint density at radius 3 is 2.54 bits per heavy atom. The monoisotopic (exact) mass is 513 g/mol. The van der Waals surface area contributed by atoms with Crippen LogP contribution in [0.25, 0.3) is 11.3 Å². The summed E-state index contributed by atoms with van der Waals surface area (Å²) >= 11 is 0. The fraction of sp³-hybridized carbons (Fsp3) is 0.346. The summed E-state index contributed by atoms with van der Waals surface area (Å²) < 4.78 is 40.4. The summed E-state index contributed by atoms with van der Waals surface area (Å²) in [4.78, 5) is 26.5. The number of amides is 3. The topological polar surface area (TPSA) is 97.7 Å². The Labute approximate surface area is 213 Å². The zero-order valence-corrected chi connectivity index (χ0v) is 21.0. The Morgan fingerprint density at radius 2 is 1.86 bits per heavy atom. The van der Waals surface area contributed by atoms with Crippen LogP contribution in [0, 0.1) is 11.6 Å². The van der Waals surface area contributed by atoms with E-state index in [2.05, 4.69) is 15.7 Å². The van der Waals surface area contributed by atoms with Crippen LogP contribution in [0.15, 0.2) is 48.7 Å². The van der Waals surface area contributed by atoms with Gasteiger partial charge >= 0.3 is 12.1 Å². The summed E-state index contributed by atoms with van der Waals surface area (Å²) in [5, 5.41) is 9.24. The summed E-state index contributed by atoms with van der Waals surface area (Å²) in [5.74, 6) is -1.07. The number of hydrogen-bond donors (Lipinski definition) is 2. The minimum absolute atomic E-state index is 0.151. The molecule has 0 saturated carbocycles. The summed E-state index contributed by atoms with van der Waals surface area (Å²) in [5.41, 5.74) is 1.10. The first-order chi connectivity index (χ1) is 17.5. The summed E-state index contributed by atoms with van der Waals surface area (Å²) in [6.45, 7) is 6.36. The average molecular weight is 514 g/mol. The maximum Gasteiger partial charge on any atom is 0.410 e. The lowest BCUT2D eigenvalue weighted by Gasteiger charge is -2.24. The van der Waals surface area contributed by atoms with Gasteiger partial charge in [0.1, 0.15) is 29.1 Å². The van der Waals surface area contributed by atoms with Gasteiger partial charge in [-0.05, 0) is 57.2 Å². The second-order valence-electron chi connectivity index (χ2n) is 9.71. The molecule has 1 aliphatic heterocycles. The van der Waals surface area contributed by atoms with Crippen LogP contribution in [-0.2, 0) is 11.8 Å². The molecule has 0 bridgehead atoms. The Balaban J connectivity index is 1.49. The van der Waals surface area contributed by atoms with E-state index in [1.165, 1.54) is 0 Å². The maximum absolute atomic E-state index is 13.9. The molecule has 11 heteroatoms. The molecule has 1 saturated heterocycles. The summed E-state index contributed by atoms with van der Waals surface area (Å²) in [6.07, 6.45) is 1.65. The molecule has 9 nitrogen and oxygen atoms in total. The van der Waals surface area contributed by atoms with Crippen molar-refractivity contribution in [3.63, 3.8) is 0 Å². The van der Waals surface area contributed by atoms with Gasteiger partial charge < -0.3 is 25.0 Å². The summed E-state index contributed by atoms with van der Waals surface area (Å²) in [6, 6.07) is 9.08. The lowest BCUT2D eigenvalue weighted by molar-refractivity contribution is 0.0276. The van der Waals surface area contributed by atoms with E-state index in [0.29, 0.717) is 42.6 Å². The number of carbonyl (C=O) groups is 2. The van der Waals surface area contributed by atoms with E-state index in [-0.39, 0.29) is 17.9 Å². The maximum atomic E-state index is 13.9. The lowest BCUT2D eigenvalue weighted by Crippen LogP contribution is -2.36. The van der Waals surface area contributed by atoms with Gasteiger partial charge in [0.05, 0.1) is 17.9 Å². The molecule has 3 aromatic rings. The number of aryl methyl sites for hydroxylation is 1. The molecule has 2 heterocycles. The normalized spacial score (nSPS) is 15.4. The van der Waals surface area contributed by atoms with E-state index < -0.39 is 23.3 Å². The molecule has 0 spiro atoms. The number of likely N-dealkylation sites (tertiary alicyclic amines) is 1. The van der Waals surface area contributed by atoms with E-state index in [1.54, 1.807) is 41.0 Å². The highest BCUT2D eigenvalue weighted by Crippen LogP contribution is 2.34. The van der Waals surface area contributed by atoms with Crippen molar-refractivity contribution >= 4 is 23.5 Å². The van der Waals surface area contributed by atoms with Crippen LogP contribution in [0.2, 0.25) is 0 Å². The highest BCUT2D eigenvalue weighted by atomic mass is 19.1. The van der Waals surface area contributed by atoms with Crippen molar-refractivity contribution in [1.82, 2.24) is 14.7 Å². The molecule has 4 rings (SSSR count). The molecule has 1 unspecified atom stereocenters. The van der Waals surface area contributed by atoms with E-state index in [0.717, 1.165) is 17.8 Å². The number of hydrogen-bond acceptors (Lipinski definition) is 5. The van der Waals surface area contributed by atoms with Crippen LogP contribution in [0.4, 0.5) is 29.7 Å². The van der Waals surface area contributed by atoms with Gasteiger partial charge in [-0.3, -0.25) is 4.68 Å². The SMILES string of the molecule is Cn1nccc1-c1cc(NC(=O)Nc2ccc(F)cc2F)ccc1OC1CCN(C(=O)OC(C)(C)C)C1. The molecular formula is C26H29F2N5O4. The Hall–Kier alpha value is -4.15. The molecule has 2 aromatic carbocycles. The summed E-state index contributed by atoms with van der Waals surface area (Å²) in [7, 11) is 1.78. The van der Waals surface area contributed by atoms with Crippen LogP contribution in [0.1, 0.15) is 27.2 Å². The zero-order chi connectivity index (χ0) is 26.7. The molecule has 37 heavy (non-hydrogen) atoms. The lowest BCUT2D eigenvalue weighted by atomic mass is 10.1. The van der Waals surface area contributed by atoms with Crippen molar-refractivity contribution in [2.24, 2.45) is 7.05 Å². The molecule has 0 aliphatic carbocycles. The van der Waals surface area contributed by atoms with Crippen molar-refractivity contribution in [2.75, 3.05) is 23.7 Å². The van der Waals surface area contributed by atoms with E-state index in [4.69, 9.17) is 9.47 Å². The van der Waals surface area contributed by atoms with Gasteiger partial charge in [0, 0.05) is 43.5 Å². The molecule has 196 valence electrons. The van der Waals surface area contributed by atoms with Gasteiger partial charge in [0.2, 0.25) is 0 Å². The van der Waals surface area contributed by atoms with Crippen LogP contribution in [0.5, 0.6) is 5.75 Å². The molecular weight excluding hydrogens is 484 g/mol. The molecule has 0 radical (unpaired) electrons. The van der Waals surface area contributed by atoms with E-state index in [9.17, 15) is 18.4 Å². The fourth-order valence-electron chi connectivity index (χ4n) is 3.92. The minimum atomic E-state index is -0.883. The number of halogens is 2. The van der Waals surface area contributed by atoms with Gasteiger partial charge in [0.25, 0.3) is 0 Å². The first-order valence-electron chi connectivity index (χ1n) is 11.8. The van der Waals surface area contributed by atoms with Gasteiger partial charge in [-0.2, -0.15) is 5.10 Å². The number of ether oxygens (including phenoxy) is 2. The second-order valence-corrected chi connectivity index (χ2v) is 9.71. The molecule has 2 N–H and O–H groups in total. The molecule has 1 aliphatic rings. The van der Waals surface area contributed by atoms with Crippen molar-refractivity contribution in [1.29, 1.82) is 0 Å². The van der Waals surface area contributed by atoms with Crippen LogP contribution >= 0.6 is 0 Å². The van der Waals surface area contributed by atoms with E-state index >= 15 is 0 Å². The second kappa shape index (κ2) is 10.5. The number of nitrogens with zero attached hydrogens (tertiary/aromatic N) is 3. The van der Waals surface area contributed by atoms with E-state index in [1.807, 2.05) is 26.8 Å². The van der Waals surface area contributed by atoms with Crippen LogP contribution < -0.4 is 15.4 Å². The van der Waals surface area contributed by atoms with Gasteiger partial charge in [-0.25, -0.2) is 18.4 Å². The number of carbonyl (C=O) groups excluding carboxylic acids is 2. The molecule has 1 fully saturated rings. The number of anilines is 2. The number of aromatic nitrogens is 2. The quantitative estimate of drug-likeness (QED) is 0.476. The third kappa shape index (κ3) is 6.54. The predicted octanol–water partition coefficient (Wildman–Crippen LogP) is 5.40. The largest absolute Gasteiger partial charge is 0.488 e. The van der Waals surface area contributed by atoms with Gasteiger partial charge in [0.15, 0.2) is 0 Å². The number of benzene rings is 2. The molecule has 1 aromatic heterocycles. The average Bonchev–Trinajstić information content (AvgIpc) is 3.45. The number of urea groups is 1. The minimum Gasteiger partial charge on any atom is -0.488 e. The Kier molecular flexibility index (Phi) is 7.33. The van der Waals surface area contributed by atoms with Crippen LogP contribution in [-0.4, -0.2) is 51.6 Å². The third-order valence-electron chi connectivity index (χ3n) is 5.60. The Bertz CT molecular complexity index is 1300. The van der Waals surface area contributed by atoms with Gasteiger partial charge in [-0.1, -0.05) is 0 Å². The molecule has 1 atom stereocenters.